The standard InChI is InChI=1S/C14H18N4O3S2/c1-17(23(19,20)12-4-3-9-22-12)11-5-8-18(10-11)13-14(21-2)16-7-6-15-13/h3-4,6-7,9,11H,5,8,10H2,1-2H3/t11-/m1/s1. The Morgan fingerprint density at radius 3 is 2.87 bits per heavy atom. The fourth-order valence-corrected chi connectivity index (χ4v) is 5.21. The van der Waals surface area contributed by atoms with E-state index in [-0.39, 0.29) is 6.04 Å². The summed E-state index contributed by atoms with van der Waals surface area (Å²) in [6.07, 6.45) is 3.92. The van der Waals surface area contributed by atoms with Crippen LogP contribution in [-0.4, -0.2) is 56.0 Å². The van der Waals surface area contributed by atoms with Crippen LogP contribution in [0.15, 0.2) is 34.1 Å². The van der Waals surface area contributed by atoms with Gasteiger partial charge < -0.3 is 9.64 Å². The van der Waals surface area contributed by atoms with Gasteiger partial charge in [-0.2, -0.15) is 4.31 Å². The highest BCUT2D eigenvalue weighted by Gasteiger charge is 2.35. The number of anilines is 1. The molecule has 1 saturated heterocycles. The van der Waals surface area contributed by atoms with Gasteiger partial charge in [-0.05, 0) is 17.9 Å². The highest BCUT2D eigenvalue weighted by molar-refractivity contribution is 7.91. The van der Waals surface area contributed by atoms with Crippen molar-refractivity contribution in [1.82, 2.24) is 14.3 Å². The van der Waals surface area contributed by atoms with Crippen molar-refractivity contribution < 1.29 is 13.2 Å². The van der Waals surface area contributed by atoms with Gasteiger partial charge in [0.05, 0.1) is 7.11 Å². The summed E-state index contributed by atoms with van der Waals surface area (Å²) in [5.74, 6) is 1.11. The van der Waals surface area contributed by atoms with Gasteiger partial charge in [-0.3, -0.25) is 0 Å². The van der Waals surface area contributed by atoms with E-state index in [1.54, 1.807) is 44.1 Å². The molecule has 0 aromatic carbocycles. The lowest BCUT2D eigenvalue weighted by Gasteiger charge is -2.24. The molecule has 23 heavy (non-hydrogen) atoms. The SMILES string of the molecule is COc1nccnc1N1CC[C@@H](N(C)S(=O)(=O)c2cccs2)C1. The number of hydrogen-bond donors (Lipinski definition) is 0. The average molecular weight is 354 g/mol. The Bertz CT molecular complexity index is 764. The van der Waals surface area contributed by atoms with Crippen LogP contribution in [0.1, 0.15) is 6.42 Å². The van der Waals surface area contributed by atoms with Crippen LogP contribution < -0.4 is 9.64 Å². The molecule has 0 radical (unpaired) electrons. The molecule has 2 aromatic heterocycles. The average Bonchev–Trinajstić information content (AvgIpc) is 3.25. The lowest BCUT2D eigenvalue weighted by Crippen LogP contribution is -2.38. The van der Waals surface area contributed by atoms with E-state index in [2.05, 4.69) is 9.97 Å². The Morgan fingerprint density at radius 1 is 1.39 bits per heavy atom. The van der Waals surface area contributed by atoms with Crippen molar-refractivity contribution in [2.75, 3.05) is 32.1 Å². The molecule has 1 fully saturated rings. The molecule has 2 aromatic rings. The minimum absolute atomic E-state index is 0.103. The maximum atomic E-state index is 12.6. The first kappa shape index (κ1) is 16.2. The van der Waals surface area contributed by atoms with Crippen molar-refractivity contribution >= 4 is 27.2 Å². The first-order valence-corrected chi connectivity index (χ1v) is 9.47. The zero-order chi connectivity index (χ0) is 16.4. The van der Waals surface area contributed by atoms with Gasteiger partial charge in [-0.25, -0.2) is 18.4 Å². The summed E-state index contributed by atoms with van der Waals surface area (Å²) in [6.45, 7) is 1.28. The Kier molecular flexibility index (Phi) is 4.51. The van der Waals surface area contributed by atoms with Crippen LogP contribution in [-0.2, 0) is 10.0 Å². The number of thiophene rings is 1. The van der Waals surface area contributed by atoms with Crippen LogP contribution >= 0.6 is 11.3 Å². The molecule has 124 valence electrons. The molecule has 3 heterocycles. The summed E-state index contributed by atoms with van der Waals surface area (Å²) in [6, 6.07) is 3.28. The van der Waals surface area contributed by atoms with Crippen molar-refractivity contribution in [2.45, 2.75) is 16.7 Å². The molecule has 0 unspecified atom stereocenters. The zero-order valence-electron chi connectivity index (χ0n) is 12.9. The van der Waals surface area contributed by atoms with E-state index in [1.165, 1.54) is 15.6 Å². The predicted molar refractivity (Wildman–Crippen MR) is 88.5 cm³/mol. The van der Waals surface area contributed by atoms with Crippen molar-refractivity contribution in [3.05, 3.63) is 29.9 Å². The first-order chi connectivity index (χ1) is 11.0. The molecule has 1 aliphatic rings. The van der Waals surface area contributed by atoms with E-state index in [9.17, 15) is 8.42 Å². The summed E-state index contributed by atoms with van der Waals surface area (Å²) in [4.78, 5) is 10.5. The fourth-order valence-electron chi connectivity index (χ4n) is 2.66. The maximum absolute atomic E-state index is 12.6. The van der Waals surface area contributed by atoms with E-state index >= 15 is 0 Å². The van der Waals surface area contributed by atoms with Crippen LogP contribution in [0, 0.1) is 0 Å². The molecule has 0 spiro atoms. The summed E-state index contributed by atoms with van der Waals surface area (Å²) in [5, 5.41) is 1.77. The summed E-state index contributed by atoms with van der Waals surface area (Å²) < 4.78 is 32.3. The first-order valence-electron chi connectivity index (χ1n) is 7.15. The fraction of sp³-hybridized carbons (Fsp3) is 0.429. The highest BCUT2D eigenvalue weighted by atomic mass is 32.2. The van der Waals surface area contributed by atoms with Gasteiger partial charge in [-0.15, -0.1) is 11.3 Å². The van der Waals surface area contributed by atoms with Crippen LogP contribution in [0.4, 0.5) is 5.82 Å². The zero-order valence-corrected chi connectivity index (χ0v) is 14.5. The highest BCUT2D eigenvalue weighted by Crippen LogP contribution is 2.29. The van der Waals surface area contributed by atoms with E-state index < -0.39 is 10.0 Å². The second kappa shape index (κ2) is 6.42. The molecule has 1 aliphatic heterocycles. The van der Waals surface area contributed by atoms with E-state index in [0.717, 1.165) is 6.42 Å². The molecule has 7 nitrogen and oxygen atoms in total. The largest absolute Gasteiger partial charge is 0.478 e. The predicted octanol–water partition coefficient (Wildman–Crippen LogP) is 1.45. The smallest absolute Gasteiger partial charge is 0.257 e. The van der Waals surface area contributed by atoms with Crippen molar-refractivity contribution in [2.24, 2.45) is 0 Å². The molecule has 9 heteroatoms. The Hall–Kier alpha value is -1.71. The molecule has 0 amide bonds. The topological polar surface area (TPSA) is 75.6 Å². The van der Waals surface area contributed by atoms with E-state index in [1.807, 2.05) is 4.90 Å². The quantitative estimate of drug-likeness (QED) is 0.809. The van der Waals surface area contributed by atoms with Crippen molar-refractivity contribution in [1.29, 1.82) is 0 Å². The molecule has 0 bridgehead atoms. The molecule has 0 N–H and O–H groups in total. The van der Waals surface area contributed by atoms with Gasteiger partial charge in [0.25, 0.3) is 15.9 Å². The Morgan fingerprint density at radius 2 is 2.17 bits per heavy atom. The molecular weight excluding hydrogens is 336 g/mol. The van der Waals surface area contributed by atoms with Crippen LogP contribution in [0.2, 0.25) is 0 Å². The minimum atomic E-state index is -3.44. The Balaban J connectivity index is 1.77. The molecule has 0 saturated carbocycles. The number of ether oxygens (including phenoxy) is 1. The number of likely N-dealkylation sites (N-methyl/N-ethyl adjacent to an activating group) is 1. The van der Waals surface area contributed by atoms with Crippen LogP contribution in [0.5, 0.6) is 5.88 Å². The normalized spacial score (nSPS) is 18.6. The lowest BCUT2D eigenvalue weighted by molar-refractivity contribution is 0.387. The molecule has 1 atom stereocenters. The van der Waals surface area contributed by atoms with Gasteiger partial charge in [0, 0.05) is 38.6 Å². The third kappa shape index (κ3) is 3.04. The Labute approximate surface area is 139 Å². The number of rotatable bonds is 5. The molecule has 0 aliphatic carbocycles. The number of aromatic nitrogens is 2. The van der Waals surface area contributed by atoms with Gasteiger partial charge in [-0.1, -0.05) is 6.07 Å². The van der Waals surface area contributed by atoms with Crippen LogP contribution in [0.25, 0.3) is 0 Å². The number of nitrogens with zero attached hydrogens (tertiary/aromatic N) is 4. The number of methoxy groups -OCH3 is 1. The van der Waals surface area contributed by atoms with Crippen molar-refractivity contribution in [3.63, 3.8) is 0 Å². The lowest BCUT2D eigenvalue weighted by atomic mass is 10.3. The number of sulfonamides is 1. The monoisotopic (exact) mass is 354 g/mol. The maximum Gasteiger partial charge on any atom is 0.257 e. The van der Waals surface area contributed by atoms with Gasteiger partial charge in [0.15, 0.2) is 5.82 Å². The third-order valence-electron chi connectivity index (χ3n) is 3.95. The number of hydrogen-bond acceptors (Lipinski definition) is 7. The van der Waals surface area contributed by atoms with Gasteiger partial charge >= 0.3 is 0 Å². The summed E-state index contributed by atoms with van der Waals surface area (Å²) in [7, 11) is -0.256. The van der Waals surface area contributed by atoms with E-state index in [0.29, 0.717) is 29.0 Å². The molecule has 3 rings (SSSR count). The summed E-state index contributed by atoms with van der Waals surface area (Å²) in [5.41, 5.74) is 0. The minimum Gasteiger partial charge on any atom is -0.478 e. The molecular formula is C14H18N4O3S2. The third-order valence-corrected chi connectivity index (χ3v) is 7.23. The second-order valence-electron chi connectivity index (χ2n) is 5.23. The van der Waals surface area contributed by atoms with Crippen molar-refractivity contribution in [3.8, 4) is 5.88 Å². The van der Waals surface area contributed by atoms with Gasteiger partial charge in [0.2, 0.25) is 0 Å². The van der Waals surface area contributed by atoms with Crippen LogP contribution in [0.3, 0.4) is 0 Å². The van der Waals surface area contributed by atoms with E-state index in [4.69, 9.17) is 4.74 Å². The van der Waals surface area contributed by atoms with Gasteiger partial charge in [0.1, 0.15) is 4.21 Å². The summed E-state index contributed by atoms with van der Waals surface area (Å²) >= 11 is 1.23. The second-order valence-corrected chi connectivity index (χ2v) is 8.40.